The van der Waals surface area contributed by atoms with Gasteiger partial charge < -0.3 is 15.0 Å². The molecule has 26 heavy (non-hydrogen) atoms. The predicted molar refractivity (Wildman–Crippen MR) is 101 cm³/mol. The third-order valence-corrected chi connectivity index (χ3v) is 4.90. The summed E-state index contributed by atoms with van der Waals surface area (Å²) in [6.07, 6.45) is 1.99. The van der Waals surface area contributed by atoms with Crippen LogP contribution in [-0.2, 0) is 17.6 Å². The van der Waals surface area contributed by atoms with E-state index in [9.17, 15) is 4.79 Å². The molecule has 0 saturated carbocycles. The molecule has 1 atom stereocenters. The summed E-state index contributed by atoms with van der Waals surface area (Å²) < 4.78 is 5.78. The van der Waals surface area contributed by atoms with Crippen LogP contribution in [0.4, 0.5) is 0 Å². The van der Waals surface area contributed by atoms with Gasteiger partial charge in [0, 0.05) is 25.3 Å². The maximum atomic E-state index is 12.2. The number of carbonyl (C=O) groups is 1. The van der Waals surface area contributed by atoms with E-state index in [0.29, 0.717) is 31.9 Å². The van der Waals surface area contributed by atoms with E-state index in [0.717, 1.165) is 34.6 Å². The zero-order valence-electron chi connectivity index (χ0n) is 14.9. The van der Waals surface area contributed by atoms with Crippen molar-refractivity contribution in [3.63, 3.8) is 0 Å². The molecule has 0 spiro atoms. The summed E-state index contributed by atoms with van der Waals surface area (Å²) in [7, 11) is 0. The average molecular weight is 349 g/mol. The van der Waals surface area contributed by atoms with Crippen LogP contribution in [0.15, 0.2) is 42.5 Å². The van der Waals surface area contributed by atoms with E-state index >= 15 is 0 Å². The van der Waals surface area contributed by atoms with E-state index in [4.69, 9.17) is 4.74 Å². The summed E-state index contributed by atoms with van der Waals surface area (Å²) in [6, 6.07) is 14.2. The quantitative estimate of drug-likeness (QED) is 0.743. The Balaban J connectivity index is 1.27. The molecule has 5 nitrogen and oxygen atoms in total. The average Bonchev–Trinajstić information content (AvgIpc) is 3.09. The number of aryl methyl sites for hydroxylation is 2. The lowest BCUT2D eigenvalue weighted by Crippen LogP contribution is -2.34. The van der Waals surface area contributed by atoms with Gasteiger partial charge in [0.15, 0.2) is 0 Å². The van der Waals surface area contributed by atoms with Gasteiger partial charge in [-0.1, -0.05) is 30.3 Å². The minimum atomic E-state index is 0.0565. The van der Waals surface area contributed by atoms with Crippen molar-refractivity contribution in [2.24, 2.45) is 5.92 Å². The number of rotatable bonds is 5. The molecule has 0 bridgehead atoms. The van der Waals surface area contributed by atoms with Gasteiger partial charge in [-0.25, -0.2) is 4.98 Å². The Bertz CT molecular complexity index is 932. The van der Waals surface area contributed by atoms with Crippen LogP contribution in [0.2, 0.25) is 0 Å². The van der Waals surface area contributed by atoms with Gasteiger partial charge in [0.25, 0.3) is 0 Å². The second-order valence-electron chi connectivity index (χ2n) is 6.95. The van der Waals surface area contributed by atoms with Crippen molar-refractivity contribution >= 4 is 16.9 Å². The number of fused-ring (bicyclic) bond motifs is 2. The molecule has 1 amide bonds. The highest BCUT2D eigenvalue weighted by Crippen LogP contribution is 2.26. The Morgan fingerprint density at radius 3 is 3.04 bits per heavy atom. The molecule has 3 aromatic rings. The Morgan fingerprint density at radius 2 is 2.15 bits per heavy atom. The Kier molecular flexibility index (Phi) is 4.61. The van der Waals surface area contributed by atoms with Crippen LogP contribution in [0.3, 0.4) is 0 Å². The maximum absolute atomic E-state index is 12.2. The van der Waals surface area contributed by atoms with Gasteiger partial charge in [-0.05, 0) is 36.6 Å². The highest BCUT2D eigenvalue weighted by Gasteiger charge is 2.20. The number of nitrogens with zero attached hydrogens (tertiary/aromatic N) is 1. The number of hydrogen-bond acceptors (Lipinski definition) is 3. The number of nitrogens with one attached hydrogen (secondary N) is 2. The van der Waals surface area contributed by atoms with Crippen LogP contribution in [0.5, 0.6) is 5.75 Å². The second-order valence-corrected chi connectivity index (χ2v) is 6.95. The first-order valence-electron chi connectivity index (χ1n) is 9.10. The topological polar surface area (TPSA) is 67.0 Å². The molecule has 2 heterocycles. The van der Waals surface area contributed by atoms with E-state index in [-0.39, 0.29) is 5.91 Å². The van der Waals surface area contributed by atoms with Crippen molar-refractivity contribution in [3.8, 4) is 5.75 Å². The van der Waals surface area contributed by atoms with Crippen molar-refractivity contribution in [3.05, 3.63) is 59.4 Å². The minimum absolute atomic E-state index is 0.0565. The van der Waals surface area contributed by atoms with Gasteiger partial charge in [-0.3, -0.25) is 4.79 Å². The van der Waals surface area contributed by atoms with Crippen molar-refractivity contribution in [2.75, 3.05) is 13.2 Å². The SMILES string of the molecule is Cc1cccc2[nH]c(CCC(=O)NCC3COc4ccccc4C3)nc12. The van der Waals surface area contributed by atoms with Gasteiger partial charge in [0.1, 0.15) is 11.6 Å². The largest absolute Gasteiger partial charge is 0.493 e. The number of hydrogen-bond donors (Lipinski definition) is 2. The first-order chi connectivity index (χ1) is 12.7. The minimum Gasteiger partial charge on any atom is -0.493 e. The normalized spacial score (nSPS) is 16.1. The summed E-state index contributed by atoms with van der Waals surface area (Å²) in [4.78, 5) is 20.1. The lowest BCUT2D eigenvalue weighted by Gasteiger charge is -2.25. The molecule has 0 aliphatic carbocycles. The molecule has 1 aliphatic rings. The molecule has 134 valence electrons. The number of imidazole rings is 1. The Morgan fingerprint density at radius 1 is 1.27 bits per heavy atom. The predicted octanol–water partition coefficient (Wildman–Crippen LogP) is 3.17. The molecule has 0 radical (unpaired) electrons. The second kappa shape index (κ2) is 7.20. The summed E-state index contributed by atoms with van der Waals surface area (Å²) in [5.41, 5.74) is 4.38. The third kappa shape index (κ3) is 3.57. The molecule has 1 aliphatic heterocycles. The van der Waals surface area contributed by atoms with Crippen LogP contribution >= 0.6 is 0 Å². The summed E-state index contributed by atoms with van der Waals surface area (Å²) in [5.74, 6) is 2.21. The molecular weight excluding hydrogens is 326 g/mol. The van der Waals surface area contributed by atoms with Crippen LogP contribution < -0.4 is 10.1 Å². The smallest absolute Gasteiger partial charge is 0.220 e. The summed E-state index contributed by atoms with van der Waals surface area (Å²) in [6.45, 7) is 3.34. The lowest BCUT2D eigenvalue weighted by molar-refractivity contribution is -0.121. The highest BCUT2D eigenvalue weighted by atomic mass is 16.5. The van der Waals surface area contributed by atoms with Crippen molar-refractivity contribution in [2.45, 2.75) is 26.2 Å². The van der Waals surface area contributed by atoms with Crippen molar-refractivity contribution < 1.29 is 9.53 Å². The van der Waals surface area contributed by atoms with Gasteiger partial charge in [-0.2, -0.15) is 0 Å². The fraction of sp³-hybridized carbons (Fsp3) is 0.333. The number of para-hydroxylation sites is 2. The molecule has 1 unspecified atom stereocenters. The molecular formula is C21H23N3O2. The van der Waals surface area contributed by atoms with Crippen LogP contribution in [0.1, 0.15) is 23.4 Å². The number of aromatic amines is 1. The Hall–Kier alpha value is -2.82. The lowest BCUT2D eigenvalue weighted by atomic mass is 9.97. The van der Waals surface area contributed by atoms with Crippen LogP contribution in [-0.4, -0.2) is 29.0 Å². The number of benzene rings is 2. The van der Waals surface area contributed by atoms with Gasteiger partial charge in [-0.15, -0.1) is 0 Å². The first kappa shape index (κ1) is 16.6. The highest BCUT2D eigenvalue weighted by molar-refractivity contribution is 5.79. The molecule has 1 aromatic heterocycles. The molecule has 2 N–H and O–H groups in total. The number of amides is 1. The standard InChI is InChI=1S/C21H23N3O2/c1-14-5-4-7-17-21(14)24-19(23-17)9-10-20(25)22-12-15-11-16-6-2-3-8-18(16)26-13-15/h2-8,15H,9-13H2,1H3,(H,22,25)(H,23,24). The molecule has 4 rings (SSSR count). The summed E-state index contributed by atoms with van der Waals surface area (Å²) in [5, 5.41) is 3.04. The zero-order chi connectivity index (χ0) is 17.9. The summed E-state index contributed by atoms with van der Waals surface area (Å²) >= 11 is 0. The monoisotopic (exact) mass is 349 g/mol. The maximum Gasteiger partial charge on any atom is 0.220 e. The van der Waals surface area contributed by atoms with E-state index in [2.05, 4.69) is 21.4 Å². The van der Waals surface area contributed by atoms with E-state index < -0.39 is 0 Å². The van der Waals surface area contributed by atoms with Gasteiger partial charge in [0.05, 0.1) is 17.6 Å². The number of H-pyrrole nitrogens is 1. The van der Waals surface area contributed by atoms with Crippen molar-refractivity contribution in [1.29, 1.82) is 0 Å². The first-order valence-corrected chi connectivity index (χ1v) is 9.10. The van der Waals surface area contributed by atoms with Crippen LogP contribution in [0, 0.1) is 12.8 Å². The fourth-order valence-electron chi connectivity index (χ4n) is 3.45. The van der Waals surface area contributed by atoms with Crippen LogP contribution in [0.25, 0.3) is 11.0 Å². The fourth-order valence-corrected chi connectivity index (χ4v) is 3.45. The molecule has 0 saturated heterocycles. The zero-order valence-corrected chi connectivity index (χ0v) is 14.9. The van der Waals surface area contributed by atoms with Crippen molar-refractivity contribution in [1.82, 2.24) is 15.3 Å². The molecule has 2 aromatic carbocycles. The number of ether oxygens (including phenoxy) is 1. The molecule has 0 fully saturated rings. The van der Waals surface area contributed by atoms with E-state index in [1.807, 2.05) is 43.3 Å². The Labute approximate surface area is 152 Å². The van der Waals surface area contributed by atoms with E-state index in [1.54, 1.807) is 0 Å². The van der Waals surface area contributed by atoms with E-state index in [1.165, 1.54) is 5.56 Å². The third-order valence-electron chi connectivity index (χ3n) is 4.90. The number of aromatic nitrogens is 2. The molecule has 5 heteroatoms. The number of carbonyl (C=O) groups excluding carboxylic acids is 1. The van der Waals surface area contributed by atoms with Gasteiger partial charge >= 0.3 is 0 Å². The van der Waals surface area contributed by atoms with Gasteiger partial charge in [0.2, 0.25) is 5.91 Å².